The maximum Gasteiger partial charge on any atom is 0.249 e. The third-order valence-electron chi connectivity index (χ3n) is 14.9. The quantitative estimate of drug-likeness (QED) is 0.0670. The van der Waals surface area contributed by atoms with Crippen LogP contribution in [0.4, 0.5) is 0 Å². The first kappa shape index (κ1) is 48.7. The summed E-state index contributed by atoms with van der Waals surface area (Å²) in [6.45, 7) is 2.82. The molecule has 11 atom stereocenters. The van der Waals surface area contributed by atoms with Gasteiger partial charge in [-0.25, -0.2) is 12.7 Å². The van der Waals surface area contributed by atoms with Crippen LogP contribution in [0.1, 0.15) is 96.3 Å². The van der Waals surface area contributed by atoms with Crippen LogP contribution in [0, 0.1) is 35.5 Å². The van der Waals surface area contributed by atoms with Gasteiger partial charge in [0.2, 0.25) is 51.4 Å². The lowest BCUT2D eigenvalue weighted by molar-refractivity contribution is -0.151. The Morgan fingerprint density at radius 2 is 1.62 bits per heavy atom. The average Bonchev–Trinajstić information content (AvgIpc) is 4.02. The third-order valence-corrected chi connectivity index (χ3v) is 17.3. The number of thioether (sulfide) groups is 1. The summed E-state index contributed by atoms with van der Waals surface area (Å²) in [5.74, 6) is -0.870. The predicted molar refractivity (Wildman–Crippen MR) is 239 cm³/mol. The van der Waals surface area contributed by atoms with E-state index in [-0.39, 0.29) is 79.1 Å². The van der Waals surface area contributed by atoms with Crippen LogP contribution in [0.15, 0.2) is 0 Å². The number of piperidine rings is 2. The molecule has 64 heavy (non-hydrogen) atoms. The standard InChI is InChI=1S/C43H70N10O9S2/c1-51(24-37(56)46-17-5-3-4-16-44-31-11-7-10-30-38(31)42(60)53(41(30)59)33-12-13-35(54)49-40(33)58)34-21-27(14-18-45-34)26-8-6-9-28(20-26)32-25-63-43(48-32)50-36(55)22-47-39(57)29-15-19-52(23-29)64(2,61)62/h26-34,38,43-45,48H,3-25H2,1-2H3,(H,46,56)(H,47,57)(H,50,55)(H,49,54,58). The molecule has 7 N–H and O–H groups in total. The van der Waals surface area contributed by atoms with Crippen LogP contribution in [-0.2, 0) is 43.6 Å². The molecule has 7 amide bonds. The number of hydrogen-bond donors (Lipinski definition) is 7. The lowest BCUT2D eigenvalue weighted by Crippen LogP contribution is -2.55. The number of rotatable bonds is 18. The van der Waals surface area contributed by atoms with Gasteiger partial charge < -0.3 is 26.6 Å². The van der Waals surface area contributed by atoms with Crippen LogP contribution in [0.5, 0.6) is 0 Å². The number of unbranched alkanes of at least 4 members (excludes halogenated alkanes) is 2. The number of likely N-dealkylation sites (tertiary alicyclic amines) is 1. The van der Waals surface area contributed by atoms with Crippen molar-refractivity contribution in [1.29, 1.82) is 0 Å². The van der Waals surface area contributed by atoms with Crippen LogP contribution >= 0.6 is 11.8 Å². The van der Waals surface area contributed by atoms with Crippen LogP contribution in [-0.4, -0.2) is 159 Å². The van der Waals surface area contributed by atoms with E-state index in [1.54, 1.807) is 11.8 Å². The molecule has 2 aliphatic carbocycles. The molecule has 21 heteroatoms. The summed E-state index contributed by atoms with van der Waals surface area (Å²) in [7, 11) is -1.33. The number of nitrogens with one attached hydrogen (secondary N) is 7. The van der Waals surface area contributed by atoms with Gasteiger partial charge >= 0.3 is 0 Å². The number of carbonyl (C=O) groups is 7. The van der Waals surface area contributed by atoms with Crippen molar-refractivity contribution in [3.63, 3.8) is 0 Å². The molecule has 5 saturated heterocycles. The fraction of sp³-hybridized carbons (Fsp3) is 0.837. The van der Waals surface area contributed by atoms with E-state index in [4.69, 9.17) is 0 Å². The van der Waals surface area contributed by atoms with Gasteiger partial charge in [0, 0.05) is 43.9 Å². The number of sulfonamides is 1. The smallest absolute Gasteiger partial charge is 0.249 e. The number of likely N-dealkylation sites (N-methyl/N-ethyl adjacent to an activating group) is 1. The zero-order chi connectivity index (χ0) is 45.5. The van der Waals surface area contributed by atoms with E-state index < -0.39 is 39.7 Å². The molecule has 7 rings (SSSR count). The minimum absolute atomic E-state index is 0.00379. The molecule has 5 aliphatic heterocycles. The van der Waals surface area contributed by atoms with Crippen molar-refractivity contribution in [3.05, 3.63) is 0 Å². The summed E-state index contributed by atoms with van der Waals surface area (Å²) in [5, 5.41) is 21.8. The minimum Gasteiger partial charge on any atom is -0.355 e. The zero-order valence-corrected chi connectivity index (χ0v) is 39.1. The molecule has 358 valence electrons. The molecule has 0 aromatic rings. The van der Waals surface area contributed by atoms with E-state index in [1.807, 2.05) is 7.05 Å². The van der Waals surface area contributed by atoms with E-state index in [1.165, 1.54) is 17.1 Å². The van der Waals surface area contributed by atoms with Crippen LogP contribution in [0.25, 0.3) is 0 Å². The Morgan fingerprint density at radius 1 is 0.859 bits per heavy atom. The van der Waals surface area contributed by atoms with Gasteiger partial charge in [-0.2, -0.15) is 0 Å². The number of nitrogens with zero attached hydrogens (tertiary/aromatic N) is 3. The van der Waals surface area contributed by atoms with E-state index in [0.29, 0.717) is 62.8 Å². The largest absolute Gasteiger partial charge is 0.355 e. The first-order valence-corrected chi connectivity index (χ1v) is 26.6. The minimum atomic E-state index is -3.34. The molecule has 7 aliphatic rings. The van der Waals surface area contributed by atoms with Gasteiger partial charge in [-0.1, -0.05) is 25.7 Å². The molecule has 0 aromatic carbocycles. The topological polar surface area (TPSA) is 248 Å². The molecule has 11 unspecified atom stereocenters. The first-order chi connectivity index (χ1) is 30.7. The summed E-state index contributed by atoms with van der Waals surface area (Å²) in [4.78, 5) is 92.4. The Balaban J connectivity index is 0.750. The van der Waals surface area contributed by atoms with Crippen molar-refractivity contribution in [2.45, 2.75) is 126 Å². The van der Waals surface area contributed by atoms with Gasteiger partial charge in [-0.15, -0.1) is 11.8 Å². The lowest BCUT2D eigenvalue weighted by atomic mass is 9.70. The molecule has 19 nitrogen and oxygen atoms in total. The van der Waals surface area contributed by atoms with Crippen LogP contribution in [0.3, 0.4) is 0 Å². The zero-order valence-electron chi connectivity index (χ0n) is 37.4. The highest BCUT2D eigenvalue weighted by atomic mass is 32.2. The SMILES string of the molecule is CN(CC(=O)NCCCCCNC1CCCC2C(=O)N(C3CCC(=O)NC3=O)C(=O)C12)C1CC(C2CCCC(C3CSC(NC(=O)CNC(=O)C4CCN(S(C)(=O)=O)C4)N3)C2)CCN1. The molecule has 0 radical (unpaired) electrons. The molecule has 7 fully saturated rings. The molecular formula is C43H70N10O9S2. The Hall–Kier alpha value is -3.21. The van der Waals surface area contributed by atoms with Crippen LogP contribution < -0.4 is 37.2 Å². The average molecular weight is 935 g/mol. The Labute approximate surface area is 381 Å². The molecule has 5 heterocycles. The normalized spacial score (nSPS) is 33.9. The number of amides is 7. The van der Waals surface area contributed by atoms with Gasteiger partial charge in [0.1, 0.15) is 11.5 Å². The van der Waals surface area contributed by atoms with Gasteiger partial charge in [0.15, 0.2) is 0 Å². The number of imide groups is 2. The van der Waals surface area contributed by atoms with Crippen molar-refractivity contribution in [1.82, 2.24) is 51.3 Å². The van der Waals surface area contributed by atoms with E-state index in [2.05, 4.69) is 42.1 Å². The maximum absolute atomic E-state index is 13.5. The second-order valence-corrected chi connectivity index (χ2v) is 22.4. The van der Waals surface area contributed by atoms with Crippen molar-refractivity contribution < 1.29 is 42.0 Å². The first-order valence-electron chi connectivity index (χ1n) is 23.7. The molecular weight excluding hydrogens is 865 g/mol. The summed E-state index contributed by atoms with van der Waals surface area (Å²) in [6, 6.07) is -0.749. The van der Waals surface area contributed by atoms with Crippen LogP contribution in [0.2, 0.25) is 0 Å². The van der Waals surface area contributed by atoms with Crippen molar-refractivity contribution in [2.24, 2.45) is 35.5 Å². The fourth-order valence-electron chi connectivity index (χ4n) is 11.4. The number of carbonyl (C=O) groups excluding carboxylic acids is 7. The third kappa shape index (κ3) is 12.2. The summed E-state index contributed by atoms with van der Waals surface area (Å²) in [5.41, 5.74) is -0.223. The Bertz CT molecular complexity index is 1860. The highest BCUT2D eigenvalue weighted by Crippen LogP contribution is 2.42. The lowest BCUT2D eigenvalue weighted by Gasteiger charge is -2.42. The van der Waals surface area contributed by atoms with E-state index >= 15 is 0 Å². The Morgan fingerprint density at radius 3 is 2.41 bits per heavy atom. The molecule has 0 spiro atoms. The fourth-order valence-corrected chi connectivity index (χ4v) is 13.6. The molecule has 0 aromatic heterocycles. The number of fused-ring (bicyclic) bond motifs is 1. The summed E-state index contributed by atoms with van der Waals surface area (Å²) < 4.78 is 24.9. The summed E-state index contributed by atoms with van der Waals surface area (Å²) in [6.07, 6.45) is 13.6. The Kier molecular flexibility index (Phi) is 16.8. The summed E-state index contributed by atoms with van der Waals surface area (Å²) >= 11 is 1.68. The maximum atomic E-state index is 13.5. The molecule has 2 saturated carbocycles. The van der Waals surface area contributed by atoms with Gasteiger partial charge in [0.25, 0.3) is 0 Å². The van der Waals surface area contributed by atoms with Gasteiger partial charge in [-0.3, -0.25) is 54.0 Å². The van der Waals surface area contributed by atoms with Crippen molar-refractivity contribution >= 4 is 63.1 Å². The van der Waals surface area contributed by atoms with E-state index in [9.17, 15) is 42.0 Å². The van der Waals surface area contributed by atoms with E-state index in [0.717, 1.165) is 81.2 Å². The highest BCUT2D eigenvalue weighted by molar-refractivity contribution is 8.00. The number of hydrogen-bond acceptors (Lipinski definition) is 14. The van der Waals surface area contributed by atoms with Crippen molar-refractivity contribution in [2.75, 3.05) is 64.9 Å². The highest BCUT2D eigenvalue weighted by Gasteiger charge is 2.55. The molecule has 0 bridgehead atoms. The second-order valence-electron chi connectivity index (χ2n) is 19.3. The van der Waals surface area contributed by atoms with Gasteiger partial charge in [-0.05, 0) is 102 Å². The second kappa shape index (κ2) is 22.1. The predicted octanol–water partition coefficient (Wildman–Crippen LogP) is -0.612. The van der Waals surface area contributed by atoms with Crippen molar-refractivity contribution in [3.8, 4) is 0 Å². The monoisotopic (exact) mass is 934 g/mol. The van der Waals surface area contributed by atoms with Gasteiger partial charge in [0.05, 0.1) is 43.3 Å².